The van der Waals surface area contributed by atoms with E-state index in [0.717, 1.165) is 53.5 Å². The quantitative estimate of drug-likeness (QED) is 0.362. The van der Waals surface area contributed by atoms with E-state index in [2.05, 4.69) is 15.3 Å². The Balaban J connectivity index is 1.32. The van der Waals surface area contributed by atoms with Gasteiger partial charge >= 0.3 is 0 Å². The molecule has 6 rings (SSSR count). The van der Waals surface area contributed by atoms with Gasteiger partial charge in [0.15, 0.2) is 0 Å². The van der Waals surface area contributed by atoms with Gasteiger partial charge in [0.25, 0.3) is 5.91 Å². The van der Waals surface area contributed by atoms with Crippen molar-refractivity contribution >= 4 is 22.6 Å². The average Bonchev–Trinajstić information content (AvgIpc) is 3.79. The minimum Gasteiger partial charge on any atom is -0.367 e. The van der Waals surface area contributed by atoms with E-state index in [1.54, 1.807) is 29.4 Å². The number of carbonyl (C=O) groups is 1. The summed E-state index contributed by atoms with van der Waals surface area (Å²) >= 11 is 0. The number of fused-ring (bicyclic) bond motifs is 1. The fraction of sp³-hybridized carbons (Fsp3) is 0.250. The Hall–Kier alpha value is -3.87. The second-order valence-electron chi connectivity index (χ2n) is 9.35. The second-order valence-corrected chi connectivity index (χ2v) is 9.35. The van der Waals surface area contributed by atoms with Gasteiger partial charge < -0.3 is 10.2 Å². The fourth-order valence-corrected chi connectivity index (χ4v) is 4.37. The molecule has 0 radical (unpaired) electrons. The Morgan fingerprint density at radius 3 is 2.51 bits per heavy atom. The molecule has 0 aliphatic heterocycles. The third-order valence-electron chi connectivity index (χ3n) is 6.59. The topological polar surface area (TPSA) is 58.1 Å². The van der Waals surface area contributed by atoms with Gasteiger partial charge in [0, 0.05) is 35.1 Å². The standard InChI is InChI=1S/C28H24F2N4O/c29-21-3-1-2-19(13-21)28(35)34(23-8-9-23)15-20-12-17(4-10-25(20)30)18-5-11-26-24(14-18)27(32-16-31-26)33-22-6-7-22/h1-5,10-14,16,22-23H,6-9,15H2,(H,31,32,33). The van der Waals surface area contributed by atoms with E-state index in [4.69, 9.17) is 0 Å². The number of nitrogens with one attached hydrogen (secondary N) is 1. The summed E-state index contributed by atoms with van der Waals surface area (Å²) in [5.41, 5.74) is 3.31. The van der Waals surface area contributed by atoms with Gasteiger partial charge in [-0.3, -0.25) is 4.79 Å². The number of nitrogens with zero attached hydrogens (tertiary/aromatic N) is 3. The molecule has 5 nitrogen and oxygen atoms in total. The predicted octanol–water partition coefficient (Wildman–Crippen LogP) is 5.95. The highest BCUT2D eigenvalue weighted by molar-refractivity contribution is 5.95. The van der Waals surface area contributed by atoms with E-state index < -0.39 is 5.82 Å². The minimum absolute atomic E-state index is 0.0442. The largest absolute Gasteiger partial charge is 0.367 e. The molecule has 1 amide bonds. The van der Waals surface area contributed by atoms with Crippen LogP contribution in [0, 0.1) is 11.6 Å². The molecule has 0 unspecified atom stereocenters. The van der Waals surface area contributed by atoms with Crippen LogP contribution >= 0.6 is 0 Å². The zero-order chi connectivity index (χ0) is 23.9. The molecule has 4 aromatic rings. The van der Waals surface area contributed by atoms with E-state index in [-0.39, 0.29) is 29.9 Å². The molecule has 0 atom stereocenters. The SMILES string of the molecule is O=C(c1cccc(F)c1)N(Cc1cc(-c2ccc3ncnc(NC4CC4)c3c2)ccc1F)C1CC1. The van der Waals surface area contributed by atoms with Crippen LogP contribution < -0.4 is 5.32 Å². The van der Waals surface area contributed by atoms with Crippen LogP contribution in [0.15, 0.2) is 67.0 Å². The monoisotopic (exact) mass is 470 g/mol. The lowest BCUT2D eigenvalue weighted by molar-refractivity contribution is 0.0728. The van der Waals surface area contributed by atoms with Crippen molar-refractivity contribution in [2.45, 2.75) is 44.3 Å². The van der Waals surface area contributed by atoms with E-state index in [0.29, 0.717) is 11.6 Å². The summed E-state index contributed by atoms with van der Waals surface area (Å²) in [6.07, 6.45) is 5.56. The molecule has 1 N–H and O–H groups in total. The van der Waals surface area contributed by atoms with Gasteiger partial charge in [0.05, 0.1) is 5.52 Å². The molecule has 35 heavy (non-hydrogen) atoms. The lowest BCUT2D eigenvalue weighted by Crippen LogP contribution is -2.33. The van der Waals surface area contributed by atoms with Crippen molar-refractivity contribution in [1.29, 1.82) is 0 Å². The highest BCUT2D eigenvalue weighted by atomic mass is 19.1. The van der Waals surface area contributed by atoms with Gasteiger partial charge in [-0.15, -0.1) is 0 Å². The Bertz CT molecular complexity index is 1430. The van der Waals surface area contributed by atoms with Crippen LogP contribution in [0.2, 0.25) is 0 Å². The summed E-state index contributed by atoms with van der Waals surface area (Å²) in [5.74, 6) is -0.306. The number of aromatic nitrogens is 2. The van der Waals surface area contributed by atoms with Crippen molar-refractivity contribution in [2.24, 2.45) is 0 Å². The molecule has 1 heterocycles. The summed E-state index contributed by atoms with van der Waals surface area (Å²) < 4.78 is 28.6. The van der Waals surface area contributed by atoms with Gasteiger partial charge in [0.2, 0.25) is 0 Å². The third kappa shape index (κ3) is 4.58. The van der Waals surface area contributed by atoms with Crippen molar-refractivity contribution in [3.63, 3.8) is 0 Å². The molecule has 2 aliphatic carbocycles. The van der Waals surface area contributed by atoms with Crippen LogP contribution in [-0.2, 0) is 6.54 Å². The Labute approximate surface area is 201 Å². The second kappa shape index (κ2) is 8.73. The van der Waals surface area contributed by atoms with Crippen LogP contribution in [0.3, 0.4) is 0 Å². The predicted molar refractivity (Wildman–Crippen MR) is 131 cm³/mol. The van der Waals surface area contributed by atoms with Gasteiger partial charge in [0.1, 0.15) is 23.8 Å². The minimum atomic E-state index is -0.462. The Kier molecular flexibility index (Phi) is 5.40. The van der Waals surface area contributed by atoms with Crippen molar-refractivity contribution in [3.05, 3.63) is 89.8 Å². The smallest absolute Gasteiger partial charge is 0.254 e. The van der Waals surface area contributed by atoms with Crippen LogP contribution in [0.25, 0.3) is 22.0 Å². The molecular formula is C28H24F2N4O. The zero-order valence-electron chi connectivity index (χ0n) is 19.0. The van der Waals surface area contributed by atoms with Crippen LogP contribution in [-0.4, -0.2) is 32.9 Å². The van der Waals surface area contributed by atoms with E-state index in [9.17, 15) is 13.6 Å². The summed E-state index contributed by atoms with van der Waals surface area (Å²) in [6, 6.07) is 17.1. The average molecular weight is 471 g/mol. The molecule has 0 bridgehead atoms. The number of hydrogen-bond donors (Lipinski definition) is 1. The lowest BCUT2D eigenvalue weighted by Gasteiger charge is -2.23. The summed E-state index contributed by atoms with van der Waals surface area (Å²) in [4.78, 5) is 23.6. The molecule has 7 heteroatoms. The molecule has 3 aromatic carbocycles. The van der Waals surface area contributed by atoms with E-state index in [1.165, 1.54) is 24.3 Å². The highest BCUT2D eigenvalue weighted by Gasteiger charge is 2.33. The lowest BCUT2D eigenvalue weighted by atomic mass is 10.0. The van der Waals surface area contributed by atoms with Gasteiger partial charge in [-0.25, -0.2) is 18.7 Å². The first-order valence-electron chi connectivity index (χ1n) is 11.9. The normalized spacial score (nSPS) is 15.3. The molecule has 0 saturated heterocycles. The van der Waals surface area contributed by atoms with E-state index in [1.807, 2.05) is 18.2 Å². The summed E-state index contributed by atoms with van der Waals surface area (Å²) in [6.45, 7) is 0.130. The van der Waals surface area contributed by atoms with Crippen molar-refractivity contribution in [1.82, 2.24) is 14.9 Å². The number of rotatable bonds is 7. The molecular weight excluding hydrogens is 446 g/mol. The van der Waals surface area contributed by atoms with Crippen LogP contribution in [0.5, 0.6) is 0 Å². The number of anilines is 1. The summed E-state index contributed by atoms with van der Waals surface area (Å²) in [7, 11) is 0. The third-order valence-corrected chi connectivity index (χ3v) is 6.59. The fourth-order valence-electron chi connectivity index (χ4n) is 4.37. The Morgan fingerprint density at radius 2 is 1.74 bits per heavy atom. The van der Waals surface area contributed by atoms with Crippen molar-refractivity contribution < 1.29 is 13.6 Å². The van der Waals surface area contributed by atoms with Gasteiger partial charge in [-0.2, -0.15) is 0 Å². The van der Waals surface area contributed by atoms with Crippen LogP contribution in [0.4, 0.5) is 14.6 Å². The number of benzene rings is 3. The maximum absolute atomic E-state index is 14.9. The van der Waals surface area contributed by atoms with E-state index >= 15 is 0 Å². The Morgan fingerprint density at radius 1 is 0.943 bits per heavy atom. The highest BCUT2D eigenvalue weighted by Crippen LogP contribution is 2.33. The molecule has 2 aliphatic rings. The van der Waals surface area contributed by atoms with Crippen LogP contribution in [0.1, 0.15) is 41.6 Å². The van der Waals surface area contributed by atoms with Crippen molar-refractivity contribution in [3.8, 4) is 11.1 Å². The number of hydrogen-bond acceptors (Lipinski definition) is 4. The summed E-state index contributed by atoms with van der Waals surface area (Å²) in [5, 5.41) is 4.37. The van der Waals surface area contributed by atoms with Gasteiger partial charge in [-0.05, 0) is 79.3 Å². The number of carbonyl (C=O) groups excluding carboxylic acids is 1. The molecule has 1 aromatic heterocycles. The first-order chi connectivity index (χ1) is 17.0. The first kappa shape index (κ1) is 21.6. The number of halogens is 2. The molecule has 2 saturated carbocycles. The molecule has 2 fully saturated rings. The van der Waals surface area contributed by atoms with Gasteiger partial charge in [-0.1, -0.05) is 18.2 Å². The first-order valence-corrected chi connectivity index (χ1v) is 11.9. The molecule has 176 valence electrons. The maximum Gasteiger partial charge on any atom is 0.254 e. The van der Waals surface area contributed by atoms with Crippen molar-refractivity contribution in [2.75, 3.05) is 5.32 Å². The molecule has 0 spiro atoms. The zero-order valence-corrected chi connectivity index (χ0v) is 19.0. The maximum atomic E-state index is 14.9. The number of amides is 1.